The maximum Gasteiger partial charge on any atom is 0.0404 e. The Morgan fingerprint density at radius 2 is 2.31 bits per heavy atom. The van der Waals surface area contributed by atoms with E-state index in [9.17, 15) is 0 Å². The number of hydrogen-bond donors (Lipinski definition) is 1. The number of aromatic nitrogens is 1. The standard InChI is InChI=1S/C11H16N2/c12-11(9-4-5-9)7-6-10-3-1-2-8-13-10/h1-3,8-9,11H,4-7,12H2. The second kappa shape index (κ2) is 3.88. The maximum atomic E-state index is 6.00. The predicted molar refractivity (Wildman–Crippen MR) is 53.3 cm³/mol. The SMILES string of the molecule is NC(CCc1ccccn1)C1CC1. The van der Waals surface area contributed by atoms with E-state index in [1.807, 2.05) is 18.3 Å². The van der Waals surface area contributed by atoms with Gasteiger partial charge in [-0.1, -0.05) is 6.07 Å². The molecule has 1 fully saturated rings. The molecule has 2 rings (SSSR count). The van der Waals surface area contributed by atoms with E-state index < -0.39 is 0 Å². The Bertz CT molecular complexity index is 254. The zero-order chi connectivity index (χ0) is 9.10. The van der Waals surface area contributed by atoms with E-state index in [0.717, 1.165) is 18.8 Å². The first-order valence-corrected chi connectivity index (χ1v) is 5.02. The third kappa shape index (κ3) is 2.52. The van der Waals surface area contributed by atoms with Crippen LogP contribution in [0.4, 0.5) is 0 Å². The van der Waals surface area contributed by atoms with Gasteiger partial charge in [-0.15, -0.1) is 0 Å². The van der Waals surface area contributed by atoms with Gasteiger partial charge in [0.1, 0.15) is 0 Å². The minimum atomic E-state index is 0.405. The molecule has 1 aliphatic carbocycles. The zero-order valence-corrected chi connectivity index (χ0v) is 7.82. The first-order valence-electron chi connectivity index (χ1n) is 5.02. The quantitative estimate of drug-likeness (QED) is 0.759. The van der Waals surface area contributed by atoms with Gasteiger partial charge >= 0.3 is 0 Å². The number of nitrogens with two attached hydrogens (primary N) is 1. The van der Waals surface area contributed by atoms with Crippen LogP contribution in [-0.2, 0) is 6.42 Å². The third-order valence-corrected chi connectivity index (χ3v) is 2.69. The summed E-state index contributed by atoms with van der Waals surface area (Å²) in [4.78, 5) is 4.27. The molecule has 13 heavy (non-hydrogen) atoms. The lowest BCUT2D eigenvalue weighted by molar-refractivity contribution is 0.547. The topological polar surface area (TPSA) is 38.9 Å². The van der Waals surface area contributed by atoms with E-state index in [0.29, 0.717) is 6.04 Å². The molecule has 70 valence electrons. The van der Waals surface area contributed by atoms with E-state index in [1.165, 1.54) is 18.5 Å². The molecule has 0 amide bonds. The molecule has 0 spiro atoms. The fraction of sp³-hybridized carbons (Fsp3) is 0.545. The largest absolute Gasteiger partial charge is 0.327 e. The molecule has 1 aliphatic rings. The van der Waals surface area contributed by atoms with Gasteiger partial charge in [-0.3, -0.25) is 4.98 Å². The number of pyridine rings is 1. The van der Waals surface area contributed by atoms with Crippen LogP contribution < -0.4 is 5.73 Å². The molecule has 0 aromatic carbocycles. The number of nitrogens with zero attached hydrogens (tertiary/aromatic N) is 1. The second-order valence-electron chi connectivity index (χ2n) is 3.86. The van der Waals surface area contributed by atoms with Crippen molar-refractivity contribution in [1.29, 1.82) is 0 Å². The third-order valence-electron chi connectivity index (χ3n) is 2.69. The van der Waals surface area contributed by atoms with Gasteiger partial charge < -0.3 is 5.73 Å². The fourth-order valence-electron chi connectivity index (χ4n) is 1.62. The van der Waals surface area contributed by atoms with Gasteiger partial charge in [-0.2, -0.15) is 0 Å². The molecule has 1 saturated carbocycles. The number of hydrogen-bond acceptors (Lipinski definition) is 2. The van der Waals surface area contributed by atoms with E-state index >= 15 is 0 Å². The lowest BCUT2D eigenvalue weighted by Crippen LogP contribution is -2.23. The van der Waals surface area contributed by atoms with Crippen molar-refractivity contribution in [1.82, 2.24) is 4.98 Å². The van der Waals surface area contributed by atoms with Crippen LogP contribution in [0.5, 0.6) is 0 Å². The second-order valence-corrected chi connectivity index (χ2v) is 3.86. The smallest absolute Gasteiger partial charge is 0.0404 e. The van der Waals surface area contributed by atoms with Crippen LogP contribution in [0.2, 0.25) is 0 Å². The summed E-state index contributed by atoms with van der Waals surface area (Å²) in [6.07, 6.45) is 6.63. The maximum absolute atomic E-state index is 6.00. The van der Waals surface area contributed by atoms with Crippen molar-refractivity contribution >= 4 is 0 Å². The van der Waals surface area contributed by atoms with E-state index in [-0.39, 0.29) is 0 Å². The van der Waals surface area contributed by atoms with E-state index in [2.05, 4.69) is 11.1 Å². The molecule has 2 N–H and O–H groups in total. The highest BCUT2D eigenvalue weighted by Gasteiger charge is 2.27. The van der Waals surface area contributed by atoms with Crippen molar-refractivity contribution in [2.24, 2.45) is 11.7 Å². The molecule has 0 saturated heterocycles. The molecule has 1 atom stereocenters. The highest BCUT2D eigenvalue weighted by atomic mass is 14.7. The lowest BCUT2D eigenvalue weighted by atomic mass is 10.1. The van der Waals surface area contributed by atoms with Crippen LogP contribution in [0.25, 0.3) is 0 Å². The molecule has 1 heterocycles. The van der Waals surface area contributed by atoms with Crippen LogP contribution in [0.15, 0.2) is 24.4 Å². The Morgan fingerprint density at radius 1 is 1.46 bits per heavy atom. The van der Waals surface area contributed by atoms with Crippen LogP contribution in [0.3, 0.4) is 0 Å². The van der Waals surface area contributed by atoms with Crippen molar-refractivity contribution in [3.63, 3.8) is 0 Å². The summed E-state index contributed by atoms with van der Waals surface area (Å²) < 4.78 is 0. The summed E-state index contributed by atoms with van der Waals surface area (Å²) in [5, 5.41) is 0. The number of rotatable bonds is 4. The first kappa shape index (κ1) is 8.70. The summed E-state index contributed by atoms with van der Waals surface area (Å²) in [6.45, 7) is 0. The predicted octanol–water partition coefficient (Wildman–Crippen LogP) is 1.75. The Morgan fingerprint density at radius 3 is 2.92 bits per heavy atom. The van der Waals surface area contributed by atoms with Crippen LogP contribution in [0, 0.1) is 5.92 Å². The van der Waals surface area contributed by atoms with Crippen LogP contribution >= 0.6 is 0 Å². The monoisotopic (exact) mass is 176 g/mol. The Balaban J connectivity index is 1.78. The van der Waals surface area contributed by atoms with Gasteiger partial charge in [0.05, 0.1) is 0 Å². The van der Waals surface area contributed by atoms with E-state index in [1.54, 1.807) is 0 Å². The van der Waals surface area contributed by atoms with Crippen molar-refractivity contribution in [3.8, 4) is 0 Å². The average molecular weight is 176 g/mol. The zero-order valence-electron chi connectivity index (χ0n) is 7.82. The summed E-state index contributed by atoms with van der Waals surface area (Å²) in [7, 11) is 0. The summed E-state index contributed by atoms with van der Waals surface area (Å²) in [5.41, 5.74) is 7.16. The molecule has 1 aromatic heterocycles. The minimum absolute atomic E-state index is 0.405. The van der Waals surface area contributed by atoms with E-state index in [4.69, 9.17) is 5.73 Å². The molecule has 1 aromatic rings. The highest BCUT2D eigenvalue weighted by molar-refractivity contribution is 5.04. The molecule has 0 radical (unpaired) electrons. The van der Waals surface area contributed by atoms with Crippen LogP contribution in [-0.4, -0.2) is 11.0 Å². The minimum Gasteiger partial charge on any atom is -0.327 e. The molecule has 0 bridgehead atoms. The van der Waals surface area contributed by atoms with Crippen molar-refractivity contribution in [2.45, 2.75) is 31.7 Å². The van der Waals surface area contributed by atoms with Crippen molar-refractivity contribution in [2.75, 3.05) is 0 Å². The average Bonchev–Trinajstić information content (AvgIpc) is 2.99. The fourth-order valence-corrected chi connectivity index (χ4v) is 1.62. The molecular formula is C11H16N2. The Labute approximate surface area is 79.2 Å². The van der Waals surface area contributed by atoms with Gasteiger partial charge in [0.15, 0.2) is 0 Å². The summed E-state index contributed by atoms with van der Waals surface area (Å²) in [6, 6.07) is 6.46. The highest BCUT2D eigenvalue weighted by Crippen LogP contribution is 2.33. The molecular weight excluding hydrogens is 160 g/mol. The summed E-state index contributed by atoms with van der Waals surface area (Å²) >= 11 is 0. The van der Waals surface area contributed by atoms with Crippen molar-refractivity contribution in [3.05, 3.63) is 30.1 Å². The molecule has 1 unspecified atom stereocenters. The Kier molecular flexibility index (Phi) is 2.60. The van der Waals surface area contributed by atoms with Gasteiger partial charge in [-0.25, -0.2) is 0 Å². The molecule has 0 aliphatic heterocycles. The first-order chi connectivity index (χ1) is 6.36. The Hall–Kier alpha value is -0.890. The van der Waals surface area contributed by atoms with Crippen LogP contribution in [0.1, 0.15) is 25.0 Å². The summed E-state index contributed by atoms with van der Waals surface area (Å²) in [5.74, 6) is 0.809. The van der Waals surface area contributed by atoms with Gasteiger partial charge in [0, 0.05) is 17.9 Å². The normalized spacial score (nSPS) is 18.5. The van der Waals surface area contributed by atoms with Gasteiger partial charge in [0.2, 0.25) is 0 Å². The molecule has 2 nitrogen and oxygen atoms in total. The lowest BCUT2D eigenvalue weighted by Gasteiger charge is -2.08. The van der Waals surface area contributed by atoms with Gasteiger partial charge in [0.25, 0.3) is 0 Å². The van der Waals surface area contributed by atoms with Crippen molar-refractivity contribution < 1.29 is 0 Å². The number of aryl methyl sites for hydroxylation is 1. The molecule has 2 heteroatoms. The van der Waals surface area contributed by atoms with Gasteiger partial charge in [-0.05, 0) is 43.7 Å².